The number of rotatable bonds is 2. The summed E-state index contributed by atoms with van der Waals surface area (Å²) in [5.74, 6) is 2.15. The normalized spacial score (nSPS) is 16.0. The Kier molecular flexibility index (Phi) is 19.2. The molecule has 0 aromatic heterocycles. The van der Waals surface area contributed by atoms with Gasteiger partial charge in [-0.15, -0.1) is 0 Å². The Morgan fingerprint density at radius 2 is 0.852 bits per heavy atom. The first-order valence-electron chi connectivity index (χ1n) is 18.1. The third-order valence-corrected chi connectivity index (χ3v) is 10.8. The lowest BCUT2D eigenvalue weighted by Gasteiger charge is -2.27. The van der Waals surface area contributed by atoms with Gasteiger partial charge in [0.05, 0.1) is 10.6 Å². The van der Waals surface area contributed by atoms with Gasteiger partial charge in [0.2, 0.25) is 0 Å². The molecule has 6 aromatic carbocycles. The van der Waals surface area contributed by atoms with Crippen LogP contribution in [0.1, 0.15) is 61.8 Å². The standard InChI is InChI=1S/C18H13O3P.C13H11O2P.C6H6O.2C3H8.C2H6.CH4/c19-22(20-14-8-2-1-3-9-14)18-13-7-5-11-16(18)15-10-4-6-12-17(15)21-22;1-16(14)13-9-5-3-7-11(13)10-6-2-4-8-12(10)15-16;7-6-4-2-1-3-5-6;2*1-3-2;1-2;/h1-13H;2-9H,1H3;1-5,7H;2*3H2,1-2H3;1-2H3;1H4. The monoisotopic (exact) mass is 766 g/mol. The van der Waals surface area contributed by atoms with Crippen LogP contribution < -0.4 is 24.2 Å². The Balaban J connectivity index is 0.000000275. The lowest BCUT2D eigenvalue weighted by Crippen LogP contribution is -2.20. The number of phenols is 1. The van der Waals surface area contributed by atoms with E-state index in [-0.39, 0.29) is 7.43 Å². The van der Waals surface area contributed by atoms with Gasteiger partial charge < -0.3 is 18.7 Å². The summed E-state index contributed by atoms with van der Waals surface area (Å²) in [6.07, 6.45) is 2.50. The van der Waals surface area contributed by atoms with Crippen LogP contribution in [0.15, 0.2) is 158 Å². The number of fused-ring (bicyclic) bond motifs is 6. The fraction of sp³-hybridized carbons (Fsp3) is 0.217. The molecule has 0 radical (unpaired) electrons. The lowest BCUT2D eigenvalue weighted by molar-refractivity contribution is 0.398. The Morgan fingerprint density at radius 3 is 1.31 bits per heavy atom. The Hall–Kier alpha value is -5.02. The highest BCUT2D eigenvalue weighted by Crippen LogP contribution is 2.55. The SMILES string of the molecule is C.CC.CCC.CCC.CP1(=O)Oc2ccccc2-c2ccccc21.O=P1(Oc2ccccc2)Oc2ccccc2-c2ccccc21.Oc1ccccc1. The minimum absolute atomic E-state index is 0. The van der Waals surface area contributed by atoms with Gasteiger partial charge in [-0.2, -0.15) is 0 Å². The van der Waals surface area contributed by atoms with Crippen molar-refractivity contribution in [3.63, 3.8) is 0 Å². The summed E-state index contributed by atoms with van der Waals surface area (Å²) in [5, 5.41) is 10.0. The molecule has 0 saturated heterocycles. The van der Waals surface area contributed by atoms with Gasteiger partial charge in [-0.1, -0.05) is 171 Å². The number of hydrogen-bond donors (Lipinski definition) is 1. The molecule has 2 unspecified atom stereocenters. The average Bonchev–Trinajstić information content (AvgIpc) is 3.18. The van der Waals surface area contributed by atoms with E-state index in [4.69, 9.17) is 18.7 Å². The van der Waals surface area contributed by atoms with E-state index in [1.807, 2.05) is 129 Å². The van der Waals surface area contributed by atoms with E-state index in [0.29, 0.717) is 28.3 Å². The van der Waals surface area contributed by atoms with Gasteiger partial charge in [-0.05, 0) is 54.1 Å². The zero-order valence-electron chi connectivity index (χ0n) is 31.8. The minimum atomic E-state index is -3.46. The second kappa shape index (κ2) is 22.9. The van der Waals surface area contributed by atoms with Gasteiger partial charge in [-0.25, -0.2) is 4.57 Å². The molecule has 0 saturated carbocycles. The van der Waals surface area contributed by atoms with Gasteiger partial charge in [0.1, 0.15) is 23.0 Å². The molecular weight excluding hydrogens is 710 g/mol. The first-order valence-corrected chi connectivity index (χ1v) is 21.7. The molecule has 0 amide bonds. The first-order chi connectivity index (χ1) is 25.7. The number of para-hydroxylation sites is 4. The Bertz CT molecular complexity index is 2060. The van der Waals surface area contributed by atoms with Crippen molar-refractivity contribution >= 4 is 25.6 Å². The highest BCUT2D eigenvalue weighted by Gasteiger charge is 2.38. The van der Waals surface area contributed by atoms with Crippen LogP contribution in [-0.2, 0) is 9.13 Å². The maximum atomic E-state index is 13.3. The van der Waals surface area contributed by atoms with E-state index in [9.17, 15) is 9.13 Å². The van der Waals surface area contributed by atoms with E-state index in [0.717, 1.165) is 27.6 Å². The molecule has 2 heterocycles. The van der Waals surface area contributed by atoms with Gasteiger partial charge >= 0.3 is 7.60 Å². The summed E-state index contributed by atoms with van der Waals surface area (Å²) in [5.41, 5.74) is 3.87. The molecule has 2 atom stereocenters. The van der Waals surface area contributed by atoms with E-state index in [1.165, 1.54) is 12.8 Å². The van der Waals surface area contributed by atoms with Crippen molar-refractivity contribution in [3.8, 4) is 45.3 Å². The number of benzene rings is 6. The van der Waals surface area contributed by atoms with Crippen molar-refractivity contribution in [2.24, 2.45) is 0 Å². The first kappa shape index (κ1) is 45.1. The maximum absolute atomic E-state index is 13.3. The van der Waals surface area contributed by atoms with E-state index >= 15 is 0 Å². The van der Waals surface area contributed by atoms with Crippen LogP contribution in [0.4, 0.5) is 0 Å². The summed E-state index contributed by atoms with van der Waals surface area (Å²) in [6, 6.07) is 48.3. The van der Waals surface area contributed by atoms with Crippen molar-refractivity contribution in [2.45, 2.75) is 61.8 Å². The average molecular weight is 767 g/mol. The largest absolute Gasteiger partial charge is 0.508 e. The summed E-state index contributed by atoms with van der Waals surface area (Å²) in [6.45, 7) is 14.2. The highest BCUT2D eigenvalue weighted by molar-refractivity contribution is 7.67. The van der Waals surface area contributed by atoms with E-state index in [2.05, 4.69) is 27.7 Å². The predicted molar refractivity (Wildman–Crippen MR) is 231 cm³/mol. The summed E-state index contributed by atoms with van der Waals surface area (Å²) >= 11 is 0. The Labute approximate surface area is 323 Å². The molecule has 0 bridgehead atoms. The fourth-order valence-electron chi connectivity index (χ4n) is 5.06. The molecule has 2 aliphatic heterocycles. The van der Waals surface area contributed by atoms with Crippen LogP contribution in [0.5, 0.6) is 23.0 Å². The molecule has 2 aliphatic rings. The molecule has 0 spiro atoms. The summed E-state index contributed by atoms with van der Waals surface area (Å²) < 4.78 is 42.9. The molecule has 0 fully saturated rings. The van der Waals surface area contributed by atoms with Crippen LogP contribution in [-0.4, -0.2) is 11.8 Å². The van der Waals surface area contributed by atoms with Gasteiger partial charge in [0, 0.05) is 23.4 Å². The van der Waals surface area contributed by atoms with Crippen molar-refractivity contribution < 1.29 is 27.8 Å². The second-order valence-corrected chi connectivity index (χ2v) is 15.9. The van der Waals surface area contributed by atoms with Crippen molar-refractivity contribution in [2.75, 3.05) is 6.66 Å². The third-order valence-electron chi connectivity index (χ3n) is 7.11. The van der Waals surface area contributed by atoms with Crippen LogP contribution in [0.2, 0.25) is 0 Å². The molecule has 8 heteroatoms. The zero-order valence-corrected chi connectivity index (χ0v) is 33.6. The van der Waals surface area contributed by atoms with Crippen LogP contribution in [0.25, 0.3) is 22.3 Å². The number of hydrogen-bond acceptors (Lipinski definition) is 6. The molecule has 8 rings (SSSR count). The molecule has 1 N–H and O–H groups in total. The molecule has 6 nitrogen and oxygen atoms in total. The fourth-order valence-corrected chi connectivity index (χ4v) is 8.50. The Morgan fingerprint density at radius 1 is 0.500 bits per heavy atom. The predicted octanol–water partition coefficient (Wildman–Crippen LogP) is 13.8. The molecule has 6 aromatic rings. The zero-order chi connectivity index (χ0) is 38.7. The molecular formula is C46H56O6P2. The number of aromatic hydroxyl groups is 1. The second-order valence-electron chi connectivity index (χ2n) is 11.7. The van der Waals surface area contributed by atoms with E-state index < -0.39 is 15.0 Å². The maximum Gasteiger partial charge on any atom is 0.463 e. The smallest absolute Gasteiger partial charge is 0.463 e. The van der Waals surface area contributed by atoms with Gasteiger partial charge in [-0.3, -0.25) is 4.57 Å². The van der Waals surface area contributed by atoms with Crippen molar-refractivity contribution in [1.29, 1.82) is 0 Å². The van der Waals surface area contributed by atoms with Crippen LogP contribution >= 0.6 is 15.0 Å². The van der Waals surface area contributed by atoms with E-state index in [1.54, 1.807) is 49.1 Å². The summed E-state index contributed by atoms with van der Waals surface area (Å²) in [7, 11) is -6.17. The van der Waals surface area contributed by atoms with Gasteiger partial charge in [0.25, 0.3) is 7.37 Å². The lowest BCUT2D eigenvalue weighted by atomic mass is 10.0. The number of phenolic OH excluding ortho intramolecular Hbond substituents is 1. The van der Waals surface area contributed by atoms with Crippen LogP contribution in [0.3, 0.4) is 0 Å². The molecule has 286 valence electrons. The topological polar surface area (TPSA) is 82.1 Å². The third kappa shape index (κ3) is 12.3. The molecule has 0 aliphatic carbocycles. The molecule has 54 heavy (non-hydrogen) atoms. The minimum Gasteiger partial charge on any atom is -0.508 e. The highest BCUT2D eigenvalue weighted by atomic mass is 31.2. The summed E-state index contributed by atoms with van der Waals surface area (Å²) in [4.78, 5) is 0. The quantitative estimate of drug-likeness (QED) is 0.177. The van der Waals surface area contributed by atoms with Gasteiger partial charge in [0.15, 0.2) is 0 Å². The van der Waals surface area contributed by atoms with Crippen molar-refractivity contribution in [3.05, 3.63) is 158 Å². The van der Waals surface area contributed by atoms with Crippen LogP contribution in [0, 0.1) is 0 Å². The van der Waals surface area contributed by atoms with Crippen molar-refractivity contribution in [1.82, 2.24) is 0 Å².